The highest BCUT2D eigenvalue weighted by molar-refractivity contribution is 7.99. The van der Waals surface area contributed by atoms with Crippen molar-refractivity contribution in [2.75, 3.05) is 6.54 Å². The Morgan fingerprint density at radius 3 is 2.94 bits per heavy atom. The van der Waals surface area contributed by atoms with Crippen LogP contribution in [0.15, 0.2) is 28.7 Å². The Morgan fingerprint density at radius 2 is 2.28 bits per heavy atom. The molecule has 2 rings (SSSR count). The molecule has 1 heterocycles. The van der Waals surface area contributed by atoms with Gasteiger partial charge in [-0.2, -0.15) is 11.8 Å². The molecule has 5 heteroatoms. The lowest BCUT2D eigenvalue weighted by Gasteiger charge is -2.07. The van der Waals surface area contributed by atoms with Gasteiger partial charge in [0.15, 0.2) is 0 Å². The number of nitrogens with two attached hydrogens (primary N) is 1. The van der Waals surface area contributed by atoms with Gasteiger partial charge in [-0.05, 0) is 23.8 Å². The average Bonchev–Trinajstić information content (AvgIpc) is 2.79. The van der Waals surface area contributed by atoms with Crippen LogP contribution in [0.3, 0.4) is 0 Å². The Labute approximate surface area is 109 Å². The zero-order valence-electron chi connectivity index (χ0n) is 10.1. The van der Waals surface area contributed by atoms with E-state index in [0.29, 0.717) is 17.4 Å². The summed E-state index contributed by atoms with van der Waals surface area (Å²) in [6.07, 6.45) is 0. The number of aromatic carboxylic acids is 1. The topological polar surface area (TPSA) is 76.5 Å². The molecule has 96 valence electrons. The van der Waals surface area contributed by atoms with Crippen LogP contribution in [0.2, 0.25) is 0 Å². The minimum atomic E-state index is -1.04. The summed E-state index contributed by atoms with van der Waals surface area (Å²) < 4.78 is 5.20. The summed E-state index contributed by atoms with van der Waals surface area (Å²) in [5.41, 5.74) is 7.31. The monoisotopic (exact) mass is 265 g/mol. The Morgan fingerprint density at radius 1 is 1.50 bits per heavy atom. The standard InChI is InChI=1S/C13H15NO3S/c1-8(6-14)18-7-9-2-3-11-10(4-9)5-12(17-11)13(15)16/h2-5,8H,6-7,14H2,1H3,(H,15,16). The molecule has 0 aliphatic rings. The molecule has 18 heavy (non-hydrogen) atoms. The van der Waals surface area contributed by atoms with Gasteiger partial charge in [-0.3, -0.25) is 0 Å². The van der Waals surface area contributed by atoms with Crippen molar-refractivity contribution < 1.29 is 14.3 Å². The van der Waals surface area contributed by atoms with Crippen molar-refractivity contribution in [3.8, 4) is 0 Å². The van der Waals surface area contributed by atoms with Crippen molar-refractivity contribution >= 4 is 28.7 Å². The number of hydrogen-bond donors (Lipinski definition) is 2. The molecule has 1 unspecified atom stereocenters. The van der Waals surface area contributed by atoms with Gasteiger partial charge in [-0.15, -0.1) is 0 Å². The molecule has 1 aromatic heterocycles. The molecule has 0 amide bonds. The maximum Gasteiger partial charge on any atom is 0.371 e. The minimum absolute atomic E-state index is 0.0230. The van der Waals surface area contributed by atoms with Crippen molar-refractivity contribution in [2.24, 2.45) is 5.73 Å². The number of rotatable bonds is 5. The van der Waals surface area contributed by atoms with Crippen molar-refractivity contribution in [1.29, 1.82) is 0 Å². The van der Waals surface area contributed by atoms with E-state index in [-0.39, 0.29) is 5.76 Å². The van der Waals surface area contributed by atoms with E-state index in [0.717, 1.165) is 16.7 Å². The summed E-state index contributed by atoms with van der Waals surface area (Å²) in [6, 6.07) is 7.28. The van der Waals surface area contributed by atoms with Gasteiger partial charge in [0.2, 0.25) is 5.76 Å². The van der Waals surface area contributed by atoms with Gasteiger partial charge in [0.25, 0.3) is 0 Å². The first-order valence-corrected chi connectivity index (χ1v) is 6.72. The van der Waals surface area contributed by atoms with Gasteiger partial charge in [0.1, 0.15) is 5.58 Å². The Bertz CT molecular complexity index is 564. The molecule has 0 aliphatic heterocycles. The molecule has 0 saturated carbocycles. The van der Waals surface area contributed by atoms with Gasteiger partial charge in [-0.1, -0.05) is 13.0 Å². The first kappa shape index (κ1) is 13.0. The fraction of sp³-hybridized carbons (Fsp3) is 0.308. The largest absolute Gasteiger partial charge is 0.475 e. The van der Waals surface area contributed by atoms with Gasteiger partial charge in [0.05, 0.1) is 0 Å². The van der Waals surface area contributed by atoms with Gasteiger partial charge < -0.3 is 15.3 Å². The highest BCUT2D eigenvalue weighted by Gasteiger charge is 2.10. The molecule has 1 atom stereocenters. The number of carbonyl (C=O) groups is 1. The van der Waals surface area contributed by atoms with Gasteiger partial charge in [0, 0.05) is 22.9 Å². The number of hydrogen-bond acceptors (Lipinski definition) is 4. The first-order valence-electron chi connectivity index (χ1n) is 5.67. The van der Waals surface area contributed by atoms with Crippen LogP contribution in [-0.4, -0.2) is 22.9 Å². The Balaban J connectivity index is 2.19. The van der Waals surface area contributed by atoms with Crippen LogP contribution in [0.1, 0.15) is 23.0 Å². The second-order valence-corrected chi connectivity index (χ2v) is 5.57. The first-order chi connectivity index (χ1) is 8.60. The molecular formula is C13H15NO3S. The number of carboxylic acids is 1. The zero-order valence-corrected chi connectivity index (χ0v) is 10.9. The number of furan rings is 1. The fourth-order valence-electron chi connectivity index (χ4n) is 1.59. The zero-order chi connectivity index (χ0) is 13.1. The van der Waals surface area contributed by atoms with Crippen molar-refractivity contribution in [3.05, 3.63) is 35.6 Å². The summed E-state index contributed by atoms with van der Waals surface area (Å²) in [7, 11) is 0. The quantitative estimate of drug-likeness (QED) is 0.869. The molecule has 0 bridgehead atoms. The number of benzene rings is 1. The van der Waals surface area contributed by atoms with Crippen molar-refractivity contribution in [3.63, 3.8) is 0 Å². The third-order valence-electron chi connectivity index (χ3n) is 2.66. The molecule has 0 saturated heterocycles. The lowest BCUT2D eigenvalue weighted by atomic mass is 10.2. The SMILES string of the molecule is CC(CN)SCc1ccc2oc(C(=O)O)cc2c1. The summed E-state index contributed by atoms with van der Waals surface area (Å²) in [4.78, 5) is 10.8. The van der Waals surface area contributed by atoms with E-state index in [1.165, 1.54) is 0 Å². The maximum atomic E-state index is 10.8. The Hall–Kier alpha value is -1.46. The molecular weight excluding hydrogens is 250 g/mol. The second-order valence-electron chi connectivity index (χ2n) is 4.15. The molecule has 0 radical (unpaired) electrons. The number of fused-ring (bicyclic) bond motifs is 1. The highest BCUT2D eigenvalue weighted by Crippen LogP contribution is 2.24. The van der Waals surface area contributed by atoms with Crippen molar-refractivity contribution in [2.45, 2.75) is 17.9 Å². The number of thioether (sulfide) groups is 1. The van der Waals surface area contributed by atoms with Crippen molar-refractivity contribution in [1.82, 2.24) is 0 Å². The van der Waals surface area contributed by atoms with Gasteiger partial charge >= 0.3 is 5.97 Å². The van der Waals surface area contributed by atoms with Crippen LogP contribution in [0.4, 0.5) is 0 Å². The third-order valence-corrected chi connectivity index (χ3v) is 3.92. The Kier molecular flexibility index (Phi) is 3.93. The fourth-order valence-corrected chi connectivity index (χ4v) is 2.39. The van der Waals surface area contributed by atoms with Crippen LogP contribution in [0, 0.1) is 0 Å². The van der Waals surface area contributed by atoms with E-state index in [1.807, 2.05) is 18.2 Å². The van der Waals surface area contributed by atoms with Crippen LogP contribution >= 0.6 is 11.8 Å². The molecule has 0 fully saturated rings. The number of carboxylic acid groups (broad SMARTS) is 1. The lowest BCUT2D eigenvalue weighted by Crippen LogP contribution is -2.12. The van der Waals surface area contributed by atoms with E-state index < -0.39 is 5.97 Å². The molecule has 0 spiro atoms. The van der Waals surface area contributed by atoms with Crippen LogP contribution in [0.5, 0.6) is 0 Å². The maximum absolute atomic E-state index is 10.8. The van der Waals surface area contributed by atoms with E-state index in [1.54, 1.807) is 17.8 Å². The summed E-state index contributed by atoms with van der Waals surface area (Å²) in [5.74, 6) is -0.203. The second kappa shape index (κ2) is 5.46. The smallest absolute Gasteiger partial charge is 0.371 e. The van der Waals surface area contributed by atoms with Gasteiger partial charge in [-0.25, -0.2) is 4.79 Å². The average molecular weight is 265 g/mol. The van der Waals surface area contributed by atoms with Crippen LogP contribution in [0.25, 0.3) is 11.0 Å². The lowest BCUT2D eigenvalue weighted by molar-refractivity contribution is 0.0665. The predicted molar refractivity (Wildman–Crippen MR) is 73.0 cm³/mol. The summed E-state index contributed by atoms with van der Waals surface area (Å²) >= 11 is 1.78. The van der Waals surface area contributed by atoms with E-state index in [4.69, 9.17) is 15.3 Å². The van der Waals surface area contributed by atoms with E-state index in [9.17, 15) is 4.79 Å². The summed E-state index contributed by atoms with van der Waals surface area (Å²) in [5, 5.41) is 10.1. The molecule has 0 aliphatic carbocycles. The van der Waals surface area contributed by atoms with Crippen LogP contribution in [-0.2, 0) is 5.75 Å². The summed E-state index contributed by atoms with van der Waals surface area (Å²) in [6.45, 7) is 2.74. The normalized spacial score (nSPS) is 12.8. The third kappa shape index (κ3) is 2.86. The molecule has 2 aromatic rings. The van der Waals surface area contributed by atoms with Crippen LogP contribution < -0.4 is 5.73 Å². The molecule has 3 N–H and O–H groups in total. The van der Waals surface area contributed by atoms with E-state index >= 15 is 0 Å². The molecule has 4 nitrogen and oxygen atoms in total. The predicted octanol–water partition coefficient (Wildman–Crippen LogP) is 2.71. The molecule has 1 aromatic carbocycles. The minimum Gasteiger partial charge on any atom is -0.475 e. The highest BCUT2D eigenvalue weighted by atomic mass is 32.2. The van der Waals surface area contributed by atoms with E-state index in [2.05, 4.69) is 6.92 Å².